The standard InChI is InChI=1S/C20H17OP.C5H5.3ClH.Nb/c21-20(17-10-4-1-5-11-17)16-22(18-12-6-2-7-13-18)19-14-8-3-9-15-19;1-2-4-5-3-1;;;;/h1-16,21H;1-5H;3*1H;/q;;;;;+3/p-3/b20-16-;;;;;. The van der Waals surface area contributed by atoms with Crippen LogP contribution in [0.4, 0.5) is 0 Å². The molecule has 4 rings (SSSR count). The molecular weight excluding hydrogens is 547 g/mol. The minimum absolute atomic E-state index is 0.333. The molecule has 31 heavy (non-hydrogen) atoms. The van der Waals surface area contributed by atoms with Crippen molar-refractivity contribution in [3.8, 4) is 0 Å². The van der Waals surface area contributed by atoms with Crippen molar-refractivity contribution >= 4 is 51.9 Å². The molecule has 0 amide bonds. The number of aliphatic hydroxyl groups is 1. The van der Waals surface area contributed by atoms with Gasteiger partial charge in [-0.2, -0.15) is 0 Å². The van der Waals surface area contributed by atoms with Crippen LogP contribution in [0, 0.1) is 32.1 Å². The average Bonchev–Trinajstić information content (AvgIpc) is 3.39. The monoisotopic (exact) mass is 567 g/mol. The summed E-state index contributed by atoms with van der Waals surface area (Å²) in [6.07, 6.45) is 10.0. The third-order valence-corrected chi connectivity index (χ3v) is 6.16. The first kappa shape index (κ1) is 26.5. The third-order valence-electron chi connectivity index (χ3n) is 3.95. The molecule has 1 saturated carbocycles. The summed E-state index contributed by atoms with van der Waals surface area (Å²) < 4.78 is 0. The van der Waals surface area contributed by atoms with Gasteiger partial charge in [0, 0.05) is 5.56 Å². The van der Waals surface area contributed by atoms with Gasteiger partial charge >= 0.3 is 42.8 Å². The number of hydrogen-bond donors (Lipinski definition) is 1. The van der Waals surface area contributed by atoms with E-state index in [1.165, 1.54) is 10.6 Å². The number of aliphatic hydroxyl groups excluding tert-OH is 1. The quantitative estimate of drug-likeness (QED) is 0.194. The van der Waals surface area contributed by atoms with Crippen molar-refractivity contribution in [1.82, 2.24) is 0 Å². The van der Waals surface area contributed by atoms with Crippen LogP contribution in [0.1, 0.15) is 5.56 Å². The van der Waals surface area contributed by atoms with E-state index in [0.29, 0.717) is 5.76 Å². The summed E-state index contributed by atoms with van der Waals surface area (Å²) in [6.45, 7) is 0. The zero-order chi connectivity index (χ0) is 22.3. The van der Waals surface area contributed by atoms with Crippen LogP contribution in [0.5, 0.6) is 0 Å². The number of halogens is 3. The molecule has 1 aliphatic carbocycles. The van der Waals surface area contributed by atoms with Crippen molar-refractivity contribution in [3.63, 3.8) is 0 Å². The number of hydrogen-bond acceptors (Lipinski definition) is 1. The molecule has 0 atom stereocenters. The van der Waals surface area contributed by atoms with E-state index in [1.807, 2.05) is 105 Å². The molecule has 0 spiro atoms. The van der Waals surface area contributed by atoms with Gasteiger partial charge in [0.25, 0.3) is 0 Å². The second-order valence-corrected chi connectivity index (χ2v) is 18.1. The van der Waals surface area contributed by atoms with Crippen LogP contribution < -0.4 is 10.6 Å². The summed E-state index contributed by atoms with van der Waals surface area (Å²) >= 11 is -2.03. The molecule has 0 saturated heterocycles. The van der Waals surface area contributed by atoms with Crippen molar-refractivity contribution < 1.29 is 20.3 Å². The van der Waals surface area contributed by atoms with Crippen molar-refractivity contribution in [2.24, 2.45) is 0 Å². The molecule has 5 radical (unpaired) electrons. The Balaban J connectivity index is 0.000000317. The van der Waals surface area contributed by atoms with Gasteiger partial charge in [-0.05, 0) is 56.5 Å². The Morgan fingerprint density at radius 3 is 1.29 bits per heavy atom. The van der Waals surface area contributed by atoms with Crippen LogP contribution in [-0.4, -0.2) is 5.11 Å². The van der Waals surface area contributed by atoms with E-state index < -0.39 is 23.1 Å². The molecule has 3 aromatic rings. The molecule has 1 aliphatic rings. The van der Waals surface area contributed by atoms with E-state index in [4.69, 9.17) is 27.6 Å². The van der Waals surface area contributed by atoms with Gasteiger partial charge in [-0.1, -0.05) is 91.0 Å². The third kappa shape index (κ3) is 11.1. The Kier molecular flexibility index (Phi) is 13.6. The first-order valence-corrected chi connectivity index (χ1v) is 19.3. The van der Waals surface area contributed by atoms with E-state index in [2.05, 4.69) is 24.3 Å². The normalized spacial score (nSPS) is 13.3. The van der Waals surface area contributed by atoms with Gasteiger partial charge in [0.2, 0.25) is 0 Å². The van der Waals surface area contributed by atoms with Crippen LogP contribution in [0.3, 0.4) is 0 Å². The fourth-order valence-corrected chi connectivity index (χ4v) is 4.58. The molecule has 1 fully saturated rings. The minimum atomic E-state index is -2.03. The maximum absolute atomic E-state index is 10.5. The summed E-state index contributed by atoms with van der Waals surface area (Å²) in [5.41, 5.74) is 0.849. The van der Waals surface area contributed by atoms with Gasteiger partial charge in [-0.3, -0.25) is 0 Å². The zero-order valence-electron chi connectivity index (χ0n) is 16.6. The summed E-state index contributed by atoms with van der Waals surface area (Å²) in [4.78, 5) is 0. The van der Waals surface area contributed by atoms with E-state index >= 15 is 0 Å². The summed E-state index contributed by atoms with van der Waals surface area (Å²) in [7, 11) is 14.2. The first-order valence-electron chi connectivity index (χ1n) is 9.37. The predicted molar refractivity (Wildman–Crippen MR) is 135 cm³/mol. The Hall–Kier alpha value is -0.760. The van der Waals surface area contributed by atoms with Gasteiger partial charge in [-0.15, -0.1) is 0 Å². The Morgan fingerprint density at radius 1 is 0.613 bits per heavy atom. The maximum atomic E-state index is 10.5. The van der Waals surface area contributed by atoms with E-state index in [1.54, 1.807) is 0 Å². The second kappa shape index (κ2) is 15.9. The van der Waals surface area contributed by atoms with E-state index in [-0.39, 0.29) is 0 Å². The van der Waals surface area contributed by atoms with Gasteiger partial charge in [-0.25, -0.2) is 0 Å². The molecule has 6 heteroatoms. The molecule has 0 aliphatic heterocycles. The van der Waals surface area contributed by atoms with Crippen LogP contribution in [0.25, 0.3) is 5.76 Å². The SMILES string of the molecule is O/C(=C\P(c1ccccc1)c1ccccc1)c1ccccc1.[CH]1[CH][CH][CH][CH]1.[Cl][Nb]([Cl])[Cl]. The van der Waals surface area contributed by atoms with Crippen LogP contribution in [-0.2, 0) is 15.2 Å². The Bertz CT molecular complexity index is 823. The molecule has 0 heterocycles. The van der Waals surface area contributed by atoms with Crippen molar-refractivity contribution in [2.75, 3.05) is 0 Å². The van der Waals surface area contributed by atoms with Crippen LogP contribution in [0.2, 0.25) is 0 Å². The second-order valence-electron chi connectivity index (χ2n) is 6.08. The van der Waals surface area contributed by atoms with Gasteiger partial charge in [0.1, 0.15) is 5.76 Å². The molecule has 0 unspecified atom stereocenters. The topological polar surface area (TPSA) is 20.2 Å². The molecule has 0 bridgehead atoms. The van der Waals surface area contributed by atoms with Gasteiger partial charge in [0.15, 0.2) is 0 Å². The summed E-state index contributed by atoms with van der Waals surface area (Å²) in [6, 6.07) is 30.4. The molecule has 3 aromatic carbocycles. The zero-order valence-corrected chi connectivity index (χ0v) is 22.0. The van der Waals surface area contributed by atoms with Crippen molar-refractivity contribution in [1.29, 1.82) is 0 Å². The molecule has 1 nitrogen and oxygen atoms in total. The van der Waals surface area contributed by atoms with Crippen molar-refractivity contribution in [2.45, 2.75) is 0 Å². The molecule has 159 valence electrons. The fourth-order valence-electron chi connectivity index (χ4n) is 2.60. The summed E-state index contributed by atoms with van der Waals surface area (Å²) in [5.74, 6) is 2.31. The number of rotatable bonds is 4. The fraction of sp³-hybridized carbons (Fsp3) is 0. The van der Waals surface area contributed by atoms with E-state index in [9.17, 15) is 5.11 Å². The van der Waals surface area contributed by atoms with Crippen LogP contribution in [0.15, 0.2) is 96.8 Å². The summed E-state index contributed by atoms with van der Waals surface area (Å²) in [5, 5.41) is 12.9. The Labute approximate surface area is 205 Å². The van der Waals surface area contributed by atoms with Gasteiger partial charge in [0.05, 0.1) is 0 Å². The van der Waals surface area contributed by atoms with E-state index in [0.717, 1.165) is 5.56 Å². The predicted octanol–water partition coefficient (Wildman–Crippen LogP) is 7.76. The van der Waals surface area contributed by atoms with Crippen LogP contribution >= 0.6 is 35.5 Å². The average molecular weight is 569 g/mol. The molecule has 0 aromatic heterocycles. The van der Waals surface area contributed by atoms with Gasteiger partial charge < -0.3 is 5.11 Å². The molecule has 1 N–H and O–H groups in total. The number of benzene rings is 3. The first-order chi connectivity index (χ1) is 15.1. The molecular formula is C25H22Cl3NbOP. The van der Waals surface area contributed by atoms with Crippen molar-refractivity contribution in [3.05, 3.63) is 134 Å². The Morgan fingerprint density at radius 2 is 0.935 bits per heavy atom.